The highest BCUT2D eigenvalue weighted by Crippen LogP contribution is 2.38. The third-order valence-electron chi connectivity index (χ3n) is 5.71. The van der Waals surface area contributed by atoms with Gasteiger partial charge >= 0.3 is 0 Å². The number of thiazole rings is 1. The van der Waals surface area contributed by atoms with Gasteiger partial charge in [-0.05, 0) is 39.2 Å². The first-order chi connectivity index (χ1) is 13.0. The van der Waals surface area contributed by atoms with E-state index in [1.807, 2.05) is 22.9 Å². The lowest BCUT2D eigenvalue weighted by Crippen LogP contribution is -2.57. The van der Waals surface area contributed by atoms with E-state index in [1.54, 1.807) is 0 Å². The molecule has 2 fully saturated rings. The van der Waals surface area contributed by atoms with Crippen molar-refractivity contribution >= 4 is 28.1 Å². The number of nitrogens with zero attached hydrogens (tertiary/aromatic N) is 3. The summed E-state index contributed by atoms with van der Waals surface area (Å²) in [6.45, 7) is 3.56. The number of aliphatic hydroxyl groups excluding tert-OH is 1. The van der Waals surface area contributed by atoms with Crippen molar-refractivity contribution in [3.05, 3.63) is 23.0 Å². The Labute approximate surface area is 161 Å². The fraction of sp³-hybridized carbons (Fsp3) is 0.611. The summed E-state index contributed by atoms with van der Waals surface area (Å²) in [6.07, 6.45) is 5.31. The lowest BCUT2D eigenvalue weighted by Gasteiger charge is -2.40. The van der Waals surface area contributed by atoms with Gasteiger partial charge < -0.3 is 15.7 Å². The highest BCUT2D eigenvalue weighted by Gasteiger charge is 2.52. The minimum atomic E-state index is -0.574. The van der Waals surface area contributed by atoms with Gasteiger partial charge in [-0.25, -0.2) is 4.98 Å². The molecule has 2 saturated heterocycles. The quantitative estimate of drug-likeness (QED) is 0.691. The van der Waals surface area contributed by atoms with E-state index in [9.17, 15) is 9.59 Å². The maximum atomic E-state index is 12.9. The highest BCUT2D eigenvalue weighted by molar-refractivity contribution is 7.15. The first kappa shape index (κ1) is 18.4. The molecule has 0 spiro atoms. The van der Waals surface area contributed by atoms with Crippen molar-refractivity contribution in [3.8, 4) is 0 Å². The largest absolute Gasteiger partial charge is 0.395 e. The third kappa shape index (κ3) is 3.13. The average Bonchev–Trinajstić information content (AvgIpc) is 3.31. The molecule has 2 aliphatic rings. The van der Waals surface area contributed by atoms with Crippen LogP contribution in [0.1, 0.15) is 41.9 Å². The summed E-state index contributed by atoms with van der Waals surface area (Å²) in [7, 11) is 0. The zero-order chi connectivity index (χ0) is 19.0. The van der Waals surface area contributed by atoms with E-state index >= 15 is 0 Å². The molecule has 0 bridgehead atoms. The minimum Gasteiger partial charge on any atom is -0.395 e. The van der Waals surface area contributed by atoms with Crippen LogP contribution in [0.3, 0.4) is 0 Å². The van der Waals surface area contributed by atoms with Crippen molar-refractivity contribution in [2.45, 2.75) is 44.2 Å². The Balaban J connectivity index is 1.52. The molecule has 0 radical (unpaired) electrons. The summed E-state index contributed by atoms with van der Waals surface area (Å²) in [5.41, 5.74) is 0.704. The summed E-state index contributed by atoms with van der Waals surface area (Å²) in [5, 5.41) is 16.9. The van der Waals surface area contributed by atoms with Crippen LogP contribution in [0.4, 0.5) is 0 Å². The van der Waals surface area contributed by atoms with Crippen molar-refractivity contribution in [3.63, 3.8) is 0 Å². The molecular weight excluding hydrogens is 366 g/mol. The van der Waals surface area contributed by atoms with Crippen LogP contribution >= 0.6 is 11.3 Å². The van der Waals surface area contributed by atoms with E-state index in [0.717, 1.165) is 30.8 Å². The first-order valence-electron chi connectivity index (χ1n) is 9.42. The lowest BCUT2D eigenvalue weighted by molar-refractivity contribution is -0.134. The number of nitrogens with one attached hydrogen (secondary N) is 2. The predicted octanol–water partition coefficient (Wildman–Crippen LogP) is 0.540. The number of hydrogen-bond donors (Lipinski definition) is 3. The fourth-order valence-electron chi connectivity index (χ4n) is 4.53. The van der Waals surface area contributed by atoms with Crippen molar-refractivity contribution in [1.82, 2.24) is 24.9 Å². The zero-order valence-corrected chi connectivity index (χ0v) is 16.2. The number of fused-ring (bicyclic) bond motifs is 2. The maximum absolute atomic E-state index is 12.9. The molecule has 0 aliphatic carbocycles. The Morgan fingerprint density at radius 1 is 1.44 bits per heavy atom. The van der Waals surface area contributed by atoms with Gasteiger partial charge in [0.05, 0.1) is 12.3 Å². The van der Waals surface area contributed by atoms with E-state index in [-0.39, 0.29) is 31.0 Å². The second-order valence-corrected chi connectivity index (χ2v) is 8.26. The number of carbonyl (C=O) groups excluding carboxylic acids is 2. The van der Waals surface area contributed by atoms with Gasteiger partial charge in [0.2, 0.25) is 5.91 Å². The number of imidazole rings is 1. The molecule has 8 nitrogen and oxygen atoms in total. The van der Waals surface area contributed by atoms with Gasteiger partial charge in [0.25, 0.3) is 5.91 Å². The molecule has 2 aromatic heterocycles. The van der Waals surface area contributed by atoms with Gasteiger partial charge in [-0.3, -0.25) is 18.9 Å². The first-order valence-corrected chi connectivity index (χ1v) is 10.3. The van der Waals surface area contributed by atoms with Gasteiger partial charge in [0.15, 0.2) is 4.96 Å². The lowest BCUT2D eigenvalue weighted by atomic mass is 9.84. The van der Waals surface area contributed by atoms with Crippen LogP contribution in [0, 0.1) is 6.92 Å². The second-order valence-electron chi connectivity index (χ2n) is 7.39. The monoisotopic (exact) mass is 391 g/mol. The molecule has 4 rings (SSSR count). The van der Waals surface area contributed by atoms with Gasteiger partial charge in [0.1, 0.15) is 11.2 Å². The molecule has 2 atom stereocenters. The van der Waals surface area contributed by atoms with Crippen LogP contribution < -0.4 is 10.6 Å². The van der Waals surface area contributed by atoms with E-state index in [0.29, 0.717) is 24.4 Å². The average molecular weight is 391 g/mol. The van der Waals surface area contributed by atoms with Crippen LogP contribution in [-0.4, -0.2) is 69.0 Å². The predicted molar refractivity (Wildman–Crippen MR) is 102 cm³/mol. The second kappa shape index (κ2) is 7.21. The normalized spacial score (nSPS) is 25.5. The third-order valence-corrected chi connectivity index (χ3v) is 6.46. The number of piperidine rings is 1. The van der Waals surface area contributed by atoms with Crippen LogP contribution in [0.25, 0.3) is 4.96 Å². The summed E-state index contributed by atoms with van der Waals surface area (Å²) >= 11 is 1.50. The minimum absolute atomic E-state index is 0.0336. The molecule has 0 saturated carbocycles. The van der Waals surface area contributed by atoms with Crippen LogP contribution in [0.2, 0.25) is 0 Å². The van der Waals surface area contributed by atoms with Crippen molar-refractivity contribution in [2.75, 3.05) is 26.2 Å². The summed E-state index contributed by atoms with van der Waals surface area (Å²) in [5.74, 6) is -0.178. The van der Waals surface area contributed by atoms with Crippen LogP contribution in [-0.2, 0) is 4.79 Å². The van der Waals surface area contributed by atoms with Gasteiger partial charge in [-0.1, -0.05) is 0 Å². The number of carbonyl (C=O) groups is 2. The van der Waals surface area contributed by atoms with Gasteiger partial charge in [-0.2, -0.15) is 0 Å². The van der Waals surface area contributed by atoms with Crippen molar-refractivity contribution < 1.29 is 14.7 Å². The molecule has 3 N–H and O–H groups in total. The molecule has 0 unspecified atom stereocenters. The fourth-order valence-corrected chi connectivity index (χ4v) is 5.29. The SMILES string of the molecule is Cc1nc2sccn2c1C(=O)N[C@@H]1CN2CCCC[C@]2(C(=O)NCCO)C1. The molecule has 27 heavy (non-hydrogen) atoms. The number of aromatic nitrogens is 2. The molecule has 2 aliphatic heterocycles. The summed E-state index contributed by atoms with van der Waals surface area (Å²) in [4.78, 5) is 33.2. The molecule has 9 heteroatoms. The van der Waals surface area contributed by atoms with Crippen molar-refractivity contribution in [1.29, 1.82) is 0 Å². The van der Waals surface area contributed by atoms with Crippen LogP contribution in [0.15, 0.2) is 11.6 Å². The summed E-state index contributed by atoms with van der Waals surface area (Å²) in [6, 6.07) is -0.0842. The standard InChI is InChI=1S/C18H25N5O3S/c1-12-14(23-7-9-27-17(23)20-12)15(25)21-13-10-18(16(26)19-5-8-24)4-2-3-6-22(18)11-13/h7,9,13,24H,2-6,8,10-11H2,1H3,(H,19,26)(H,21,25)/t13-,18+/m0/s1. The smallest absolute Gasteiger partial charge is 0.270 e. The number of hydrogen-bond acceptors (Lipinski definition) is 6. The molecule has 2 amide bonds. The number of aliphatic hydroxyl groups is 1. The molecule has 4 heterocycles. The van der Waals surface area contributed by atoms with E-state index in [1.165, 1.54) is 11.3 Å². The maximum Gasteiger partial charge on any atom is 0.270 e. The van der Waals surface area contributed by atoms with E-state index in [2.05, 4.69) is 20.5 Å². The highest BCUT2D eigenvalue weighted by atomic mass is 32.1. The molecular formula is C18H25N5O3S. The zero-order valence-electron chi connectivity index (χ0n) is 15.4. The Hall–Kier alpha value is -1.97. The summed E-state index contributed by atoms with van der Waals surface area (Å²) < 4.78 is 1.82. The topological polar surface area (TPSA) is 99.0 Å². The number of amides is 2. The molecule has 2 aromatic rings. The van der Waals surface area contributed by atoms with Crippen molar-refractivity contribution in [2.24, 2.45) is 0 Å². The Morgan fingerprint density at radius 2 is 2.30 bits per heavy atom. The van der Waals surface area contributed by atoms with E-state index in [4.69, 9.17) is 5.11 Å². The van der Waals surface area contributed by atoms with Gasteiger partial charge in [-0.15, -0.1) is 11.3 Å². The number of aryl methyl sites for hydroxylation is 1. The van der Waals surface area contributed by atoms with Gasteiger partial charge in [0, 0.05) is 30.7 Å². The van der Waals surface area contributed by atoms with E-state index < -0.39 is 5.54 Å². The Kier molecular flexibility index (Phi) is 4.92. The molecule has 0 aromatic carbocycles. The Morgan fingerprint density at radius 3 is 3.11 bits per heavy atom. The Bertz CT molecular complexity index is 862. The van der Waals surface area contributed by atoms with Crippen LogP contribution in [0.5, 0.6) is 0 Å². The molecule has 146 valence electrons. The number of rotatable bonds is 5.